The summed E-state index contributed by atoms with van der Waals surface area (Å²) in [7, 11) is -3.76. The average Bonchev–Trinajstić information content (AvgIpc) is 3.24. The van der Waals surface area contributed by atoms with Gasteiger partial charge >= 0.3 is 0 Å². The minimum absolute atomic E-state index is 0.129. The summed E-state index contributed by atoms with van der Waals surface area (Å²) < 4.78 is 27.5. The van der Waals surface area contributed by atoms with E-state index in [9.17, 15) is 13.2 Å². The molecule has 3 aromatic carbocycles. The number of nitrogens with zero attached hydrogens (tertiary/aromatic N) is 1. The lowest BCUT2D eigenvalue weighted by atomic mass is 10.2. The van der Waals surface area contributed by atoms with Crippen LogP contribution >= 0.6 is 34.5 Å². The number of thiazole rings is 1. The Kier molecular flexibility index (Phi) is 6.48. The molecule has 0 bridgehead atoms. The molecule has 0 spiro atoms. The van der Waals surface area contributed by atoms with E-state index in [0.29, 0.717) is 26.4 Å². The molecule has 0 saturated carbocycles. The van der Waals surface area contributed by atoms with Crippen molar-refractivity contribution in [1.29, 1.82) is 0 Å². The number of hydrogen-bond donors (Lipinski definition) is 2. The Bertz CT molecular complexity index is 1390. The summed E-state index contributed by atoms with van der Waals surface area (Å²) in [6, 6.07) is 19.2. The number of benzene rings is 3. The molecule has 0 aliphatic carbocycles. The second-order valence-electron chi connectivity index (χ2n) is 6.62. The van der Waals surface area contributed by atoms with Crippen molar-refractivity contribution in [2.75, 3.05) is 10.0 Å². The summed E-state index contributed by atoms with van der Waals surface area (Å²) in [5.41, 5.74) is 1.79. The molecule has 0 saturated heterocycles. The third-order valence-electron chi connectivity index (χ3n) is 4.36. The van der Waals surface area contributed by atoms with E-state index in [2.05, 4.69) is 15.0 Å². The van der Waals surface area contributed by atoms with Crippen molar-refractivity contribution in [2.45, 2.75) is 4.90 Å². The largest absolute Gasteiger partial charge is 0.298 e. The zero-order valence-corrected chi connectivity index (χ0v) is 19.4. The number of hydrogen-bond acceptors (Lipinski definition) is 5. The van der Waals surface area contributed by atoms with Gasteiger partial charge < -0.3 is 0 Å². The van der Waals surface area contributed by atoms with E-state index in [-0.39, 0.29) is 16.1 Å². The minimum Gasteiger partial charge on any atom is -0.298 e. The van der Waals surface area contributed by atoms with Crippen LogP contribution in [0.2, 0.25) is 10.0 Å². The van der Waals surface area contributed by atoms with Crippen LogP contribution in [-0.2, 0) is 10.0 Å². The second-order valence-corrected chi connectivity index (χ2v) is 10.00. The highest BCUT2D eigenvalue weighted by atomic mass is 35.5. The van der Waals surface area contributed by atoms with E-state index < -0.39 is 15.9 Å². The number of halogens is 2. The highest BCUT2D eigenvalue weighted by molar-refractivity contribution is 7.92. The van der Waals surface area contributed by atoms with Crippen LogP contribution < -0.4 is 10.0 Å². The van der Waals surface area contributed by atoms with E-state index in [1.165, 1.54) is 29.5 Å². The monoisotopic (exact) mass is 503 g/mol. The van der Waals surface area contributed by atoms with Crippen molar-refractivity contribution in [3.8, 4) is 11.3 Å². The number of rotatable bonds is 6. The number of aromatic nitrogens is 1. The highest BCUT2D eigenvalue weighted by Gasteiger charge is 2.16. The Morgan fingerprint density at radius 3 is 2.50 bits per heavy atom. The maximum Gasteiger partial charge on any atom is 0.261 e. The van der Waals surface area contributed by atoms with Crippen molar-refractivity contribution >= 4 is 61.3 Å². The van der Waals surface area contributed by atoms with Gasteiger partial charge in [0.1, 0.15) is 0 Å². The van der Waals surface area contributed by atoms with Crippen LogP contribution in [0.15, 0.2) is 83.1 Å². The molecule has 1 heterocycles. The van der Waals surface area contributed by atoms with Crippen molar-refractivity contribution in [1.82, 2.24) is 4.98 Å². The Morgan fingerprint density at radius 1 is 0.938 bits per heavy atom. The minimum atomic E-state index is -3.76. The summed E-state index contributed by atoms with van der Waals surface area (Å²) in [5, 5.41) is 5.87. The van der Waals surface area contributed by atoms with E-state index >= 15 is 0 Å². The predicted molar refractivity (Wildman–Crippen MR) is 129 cm³/mol. The molecule has 10 heteroatoms. The van der Waals surface area contributed by atoms with Crippen molar-refractivity contribution in [2.24, 2.45) is 0 Å². The highest BCUT2D eigenvalue weighted by Crippen LogP contribution is 2.32. The lowest BCUT2D eigenvalue weighted by Gasteiger charge is -2.09. The van der Waals surface area contributed by atoms with Crippen LogP contribution in [0, 0.1) is 0 Å². The smallest absolute Gasteiger partial charge is 0.261 e. The fourth-order valence-corrected chi connectivity index (χ4v) is 5.02. The predicted octanol–water partition coefficient (Wildman–Crippen LogP) is 6.17. The van der Waals surface area contributed by atoms with E-state index in [1.54, 1.807) is 60.0 Å². The van der Waals surface area contributed by atoms with Crippen LogP contribution in [0.25, 0.3) is 11.3 Å². The van der Waals surface area contributed by atoms with Crippen molar-refractivity contribution in [3.63, 3.8) is 0 Å². The number of anilines is 2. The normalized spacial score (nSPS) is 11.2. The maximum atomic E-state index is 12.7. The Balaban J connectivity index is 1.50. The SMILES string of the molecule is O=C(Nc1nc(-c2cc(Cl)ccc2Cl)cs1)c1cccc(NS(=O)(=O)c2ccccc2)c1. The second kappa shape index (κ2) is 9.30. The molecular formula is C22H15Cl2N3O3S2. The van der Waals surface area contributed by atoms with Gasteiger partial charge in [-0.2, -0.15) is 0 Å². The number of sulfonamides is 1. The zero-order valence-electron chi connectivity index (χ0n) is 16.2. The first-order valence-electron chi connectivity index (χ1n) is 9.22. The standard InChI is InChI=1S/C22H15Cl2N3O3S2/c23-15-9-10-19(24)18(12-15)20-13-31-22(25-20)26-21(28)14-5-4-6-16(11-14)27-32(29,30)17-7-2-1-3-8-17/h1-13,27H,(H,25,26,28). The molecule has 0 aliphatic heterocycles. The molecule has 2 N–H and O–H groups in total. The van der Waals surface area contributed by atoms with Gasteiger partial charge in [-0.1, -0.05) is 47.5 Å². The molecule has 0 aliphatic rings. The lowest BCUT2D eigenvalue weighted by molar-refractivity contribution is 0.102. The first-order valence-corrected chi connectivity index (χ1v) is 12.3. The molecule has 0 fully saturated rings. The molecule has 0 radical (unpaired) electrons. The van der Waals surface area contributed by atoms with Crippen LogP contribution in [0.4, 0.5) is 10.8 Å². The third kappa shape index (κ3) is 5.11. The molecular weight excluding hydrogens is 489 g/mol. The fourth-order valence-electron chi connectivity index (χ4n) is 2.86. The topological polar surface area (TPSA) is 88.2 Å². The van der Waals surface area contributed by atoms with Crippen LogP contribution in [0.3, 0.4) is 0 Å². The van der Waals surface area contributed by atoms with Crippen LogP contribution in [-0.4, -0.2) is 19.3 Å². The van der Waals surface area contributed by atoms with Gasteiger partial charge in [-0.05, 0) is 48.5 Å². The van der Waals surface area contributed by atoms with E-state index in [1.807, 2.05) is 0 Å². The molecule has 32 heavy (non-hydrogen) atoms. The number of carbonyl (C=O) groups is 1. The van der Waals surface area contributed by atoms with Gasteiger partial charge in [-0.3, -0.25) is 14.8 Å². The Hall–Kier alpha value is -2.91. The fraction of sp³-hybridized carbons (Fsp3) is 0. The summed E-state index contributed by atoms with van der Waals surface area (Å²) in [4.78, 5) is 17.2. The molecule has 4 aromatic rings. The molecule has 162 valence electrons. The van der Waals surface area contributed by atoms with Gasteiger partial charge in [0.25, 0.3) is 15.9 Å². The number of carbonyl (C=O) groups excluding carboxylic acids is 1. The molecule has 1 amide bonds. The quantitative estimate of drug-likeness (QED) is 0.329. The molecule has 0 unspecified atom stereocenters. The lowest BCUT2D eigenvalue weighted by Crippen LogP contribution is -2.15. The van der Waals surface area contributed by atoms with Gasteiger partial charge in [-0.25, -0.2) is 13.4 Å². The summed E-state index contributed by atoms with van der Waals surface area (Å²) >= 11 is 13.5. The van der Waals surface area contributed by atoms with E-state index in [4.69, 9.17) is 23.2 Å². The van der Waals surface area contributed by atoms with Gasteiger partial charge in [-0.15, -0.1) is 11.3 Å². The average molecular weight is 504 g/mol. The van der Waals surface area contributed by atoms with Crippen molar-refractivity contribution in [3.05, 3.63) is 93.8 Å². The Labute approximate surface area is 198 Å². The van der Waals surface area contributed by atoms with Gasteiger partial charge in [0, 0.05) is 27.2 Å². The summed E-state index contributed by atoms with van der Waals surface area (Å²) in [6.45, 7) is 0. The Morgan fingerprint density at radius 2 is 1.72 bits per heavy atom. The number of nitrogens with one attached hydrogen (secondary N) is 2. The van der Waals surface area contributed by atoms with Gasteiger partial charge in [0.15, 0.2) is 5.13 Å². The van der Waals surface area contributed by atoms with Gasteiger partial charge in [0.2, 0.25) is 0 Å². The first-order chi connectivity index (χ1) is 15.3. The molecule has 1 aromatic heterocycles. The molecule has 0 atom stereocenters. The zero-order chi connectivity index (χ0) is 22.7. The van der Waals surface area contributed by atoms with E-state index in [0.717, 1.165) is 0 Å². The maximum absolute atomic E-state index is 12.7. The third-order valence-corrected chi connectivity index (χ3v) is 7.08. The molecule has 6 nitrogen and oxygen atoms in total. The first kappa shape index (κ1) is 22.3. The van der Waals surface area contributed by atoms with Crippen molar-refractivity contribution < 1.29 is 13.2 Å². The summed E-state index contributed by atoms with van der Waals surface area (Å²) in [5.74, 6) is -0.427. The van der Waals surface area contributed by atoms with Gasteiger partial charge in [0.05, 0.1) is 15.6 Å². The van der Waals surface area contributed by atoms with Crippen LogP contribution in [0.1, 0.15) is 10.4 Å². The number of amides is 1. The molecule has 4 rings (SSSR count). The summed E-state index contributed by atoms with van der Waals surface area (Å²) in [6.07, 6.45) is 0. The van der Waals surface area contributed by atoms with Crippen LogP contribution in [0.5, 0.6) is 0 Å².